The molecule has 5 nitrogen and oxygen atoms in total. The van der Waals surface area contributed by atoms with E-state index in [-0.39, 0.29) is 17.5 Å². The van der Waals surface area contributed by atoms with Crippen LogP contribution in [0.5, 0.6) is 0 Å². The van der Waals surface area contributed by atoms with Crippen LogP contribution in [0.25, 0.3) is 0 Å². The van der Waals surface area contributed by atoms with Gasteiger partial charge in [0.15, 0.2) is 0 Å². The van der Waals surface area contributed by atoms with E-state index in [9.17, 15) is 9.59 Å². The molecule has 1 heterocycles. The fourth-order valence-corrected chi connectivity index (χ4v) is 2.17. The zero-order valence-corrected chi connectivity index (χ0v) is 14.5. The number of hydrogen-bond donors (Lipinski definition) is 2. The fourth-order valence-electron chi connectivity index (χ4n) is 2.17. The predicted molar refractivity (Wildman–Crippen MR) is 95.3 cm³/mol. The van der Waals surface area contributed by atoms with Crippen LogP contribution in [0.3, 0.4) is 0 Å². The Morgan fingerprint density at radius 3 is 2.58 bits per heavy atom. The third kappa shape index (κ3) is 4.41. The molecular weight excluding hydrogens is 302 g/mol. The number of aryl methyl sites for hydroxylation is 1. The maximum absolute atomic E-state index is 12.4. The lowest BCUT2D eigenvalue weighted by Gasteiger charge is -2.11. The highest BCUT2D eigenvalue weighted by atomic mass is 16.2. The van der Waals surface area contributed by atoms with Crippen LogP contribution in [0.2, 0.25) is 0 Å². The van der Waals surface area contributed by atoms with E-state index in [2.05, 4.69) is 15.6 Å². The van der Waals surface area contributed by atoms with Crippen molar-refractivity contribution in [3.63, 3.8) is 0 Å². The fraction of sp³-hybridized carbons (Fsp3) is 0.316. The van der Waals surface area contributed by atoms with Crippen LogP contribution in [-0.2, 0) is 0 Å². The number of rotatable bonds is 5. The van der Waals surface area contributed by atoms with Crippen molar-refractivity contribution in [1.29, 1.82) is 0 Å². The number of benzene rings is 1. The van der Waals surface area contributed by atoms with Crippen LogP contribution in [0.15, 0.2) is 36.5 Å². The SMILES string of the molecule is Cc1cccc(NC(=O)c2cc(C(=O)NCC(C)C)ccn2)c1C. The summed E-state index contributed by atoms with van der Waals surface area (Å²) in [5, 5.41) is 5.68. The molecule has 1 aromatic carbocycles. The summed E-state index contributed by atoms with van der Waals surface area (Å²) < 4.78 is 0. The largest absolute Gasteiger partial charge is 0.352 e. The van der Waals surface area contributed by atoms with Gasteiger partial charge < -0.3 is 10.6 Å². The van der Waals surface area contributed by atoms with Crippen molar-refractivity contribution in [2.24, 2.45) is 5.92 Å². The molecule has 126 valence electrons. The van der Waals surface area contributed by atoms with Gasteiger partial charge in [-0.25, -0.2) is 0 Å². The summed E-state index contributed by atoms with van der Waals surface area (Å²) in [7, 11) is 0. The third-order valence-electron chi connectivity index (χ3n) is 3.78. The molecule has 0 aliphatic rings. The first kappa shape index (κ1) is 17.7. The lowest BCUT2D eigenvalue weighted by molar-refractivity contribution is 0.0949. The van der Waals surface area contributed by atoms with E-state index in [1.165, 1.54) is 12.3 Å². The summed E-state index contributed by atoms with van der Waals surface area (Å²) in [6, 6.07) is 8.84. The van der Waals surface area contributed by atoms with Gasteiger partial charge in [-0.1, -0.05) is 26.0 Å². The summed E-state index contributed by atoms with van der Waals surface area (Å²) >= 11 is 0. The summed E-state index contributed by atoms with van der Waals surface area (Å²) in [6.45, 7) is 8.58. The number of nitrogens with one attached hydrogen (secondary N) is 2. The van der Waals surface area contributed by atoms with Gasteiger partial charge in [-0.05, 0) is 49.1 Å². The number of anilines is 1. The van der Waals surface area contributed by atoms with Crippen LogP contribution >= 0.6 is 0 Å². The molecule has 0 aliphatic heterocycles. The van der Waals surface area contributed by atoms with Crippen LogP contribution in [0.1, 0.15) is 45.8 Å². The lowest BCUT2D eigenvalue weighted by Crippen LogP contribution is -2.27. The number of amides is 2. The summed E-state index contributed by atoms with van der Waals surface area (Å²) in [4.78, 5) is 28.6. The topological polar surface area (TPSA) is 71.1 Å². The molecule has 0 spiro atoms. The van der Waals surface area contributed by atoms with E-state index in [1.807, 2.05) is 45.9 Å². The Labute approximate surface area is 142 Å². The van der Waals surface area contributed by atoms with Crippen molar-refractivity contribution in [2.45, 2.75) is 27.7 Å². The van der Waals surface area contributed by atoms with Gasteiger partial charge in [-0.2, -0.15) is 0 Å². The van der Waals surface area contributed by atoms with Crippen molar-refractivity contribution < 1.29 is 9.59 Å². The number of pyridine rings is 1. The number of nitrogens with zero attached hydrogens (tertiary/aromatic N) is 1. The van der Waals surface area contributed by atoms with Crippen molar-refractivity contribution in [1.82, 2.24) is 10.3 Å². The van der Waals surface area contributed by atoms with Gasteiger partial charge in [0.1, 0.15) is 5.69 Å². The number of hydrogen-bond acceptors (Lipinski definition) is 3. The molecular formula is C19H23N3O2. The Hall–Kier alpha value is -2.69. The molecule has 1 aromatic heterocycles. The zero-order valence-electron chi connectivity index (χ0n) is 14.5. The second kappa shape index (κ2) is 7.73. The van der Waals surface area contributed by atoms with Crippen LogP contribution < -0.4 is 10.6 Å². The maximum atomic E-state index is 12.4. The van der Waals surface area contributed by atoms with E-state index in [0.717, 1.165) is 16.8 Å². The van der Waals surface area contributed by atoms with E-state index < -0.39 is 0 Å². The van der Waals surface area contributed by atoms with E-state index in [4.69, 9.17) is 0 Å². The maximum Gasteiger partial charge on any atom is 0.274 e. The van der Waals surface area contributed by atoms with Crippen molar-refractivity contribution in [2.75, 3.05) is 11.9 Å². The normalized spacial score (nSPS) is 10.5. The molecule has 2 rings (SSSR count). The highest BCUT2D eigenvalue weighted by molar-refractivity contribution is 6.05. The highest BCUT2D eigenvalue weighted by Gasteiger charge is 2.13. The summed E-state index contributed by atoms with van der Waals surface area (Å²) in [5.41, 5.74) is 3.50. The van der Waals surface area contributed by atoms with Crippen LogP contribution in [-0.4, -0.2) is 23.3 Å². The first-order valence-electron chi connectivity index (χ1n) is 8.00. The van der Waals surface area contributed by atoms with E-state index in [0.29, 0.717) is 18.0 Å². The Morgan fingerprint density at radius 2 is 1.88 bits per heavy atom. The lowest BCUT2D eigenvalue weighted by atomic mass is 10.1. The van der Waals surface area contributed by atoms with Gasteiger partial charge in [0.05, 0.1) is 0 Å². The van der Waals surface area contributed by atoms with E-state index in [1.54, 1.807) is 6.07 Å². The second-order valence-corrected chi connectivity index (χ2v) is 6.24. The number of aromatic nitrogens is 1. The molecule has 0 fully saturated rings. The molecule has 2 aromatic rings. The molecule has 0 saturated carbocycles. The zero-order chi connectivity index (χ0) is 17.7. The summed E-state index contributed by atoms with van der Waals surface area (Å²) in [6.07, 6.45) is 1.47. The van der Waals surface area contributed by atoms with Gasteiger partial charge >= 0.3 is 0 Å². The Bertz CT molecular complexity index is 754. The van der Waals surface area contributed by atoms with Gasteiger partial charge in [-0.3, -0.25) is 14.6 Å². The minimum absolute atomic E-state index is 0.202. The third-order valence-corrected chi connectivity index (χ3v) is 3.78. The standard InChI is InChI=1S/C19H23N3O2/c1-12(2)11-21-18(23)15-8-9-20-17(10-15)19(24)22-16-7-5-6-13(3)14(16)4/h5-10,12H,11H2,1-4H3,(H,21,23)(H,22,24). The smallest absolute Gasteiger partial charge is 0.274 e. The molecule has 2 amide bonds. The molecule has 2 N–H and O–H groups in total. The molecule has 0 unspecified atom stereocenters. The Morgan fingerprint density at radius 1 is 1.12 bits per heavy atom. The van der Waals surface area contributed by atoms with Crippen LogP contribution in [0.4, 0.5) is 5.69 Å². The van der Waals surface area contributed by atoms with Crippen molar-refractivity contribution >= 4 is 17.5 Å². The average Bonchev–Trinajstić information content (AvgIpc) is 2.56. The highest BCUT2D eigenvalue weighted by Crippen LogP contribution is 2.18. The summed E-state index contributed by atoms with van der Waals surface area (Å²) in [5.74, 6) is -0.169. The molecule has 0 radical (unpaired) electrons. The van der Waals surface area contributed by atoms with E-state index >= 15 is 0 Å². The molecule has 5 heteroatoms. The molecule has 0 atom stereocenters. The predicted octanol–water partition coefficient (Wildman–Crippen LogP) is 3.34. The Balaban J connectivity index is 2.14. The first-order chi connectivity index (χ1) is 11.4. The van der Waals surface area contributed by atoms with Crippen molar-refractivity contribution in [3.05, 3.63) is 58.9 Å². The van der Waals surface area contributed by atoms with Gasteiger partial charge in [0, 0.05) is 24.0 Å². The van der Waals surface area contributed by atoms with Gasteiger partial charge in [0.25, 0.3) is 11.8 Å². The monoisotopic (exact) mass is 325 g/mol. The van der Waals surface area contributed by atoms with Crippen molar-refractivity contribution in [3.8, 4) is 0 Å². The quantitative estimate of drug-likeness (QED) is 0.885. The number of carbonyl (C=O) groups is 2. The molecule has 24 heavy (non-hydrogen) atoms. The van der Waals surface area contributed by atoms with Gasteiger partial charge in [-0.15, -0.1) is 0 Å². The molecule has 0 aliphatic carbocycles. The number of carbonyl (C=O) groups excluding carboxylic acids is 2. The van der Waals surface area contributed by atoms with Gasteiger partial charge in [0.2, 0.25) is 0 Å². The molecule has 0 bridgehead atoms. The average molecular weight is 325 g/mol. The molecule has 0 saturated heterocycles. The Kier molecular flexibility index (Phi) is 5.68. The minimum atomic E-state index is -0.331. The first-order valence-corrected chi connectivity index (χ1v) is 8.00. The minimum Gasteiger partial charge on any atom is -0.352 e. The second-order valence-electron chi connectivity index (χ2n) is 6.24. The van der Waals surface area contributed by atoms with Crippen LogP contribution in [0, 0.1) is 19.8 Å².